The summed E-state index contributed by atoms with van der Waals surface area (Å²) in [6.07, 6.45) is 7.33. The number of hydrogen-bond acceptors (Lipinski definition) is 3. The molecule has 0 radical (unpaired) electrons. The van der Waals surface area contributed by atoms with E-state index in [0.29, 0.717) is 5.69 Å². The van der Waals surface area contributed by atoms with Crippen LogP contribution >= 0.6 is 11.3 Å². The highest BCUT2D eigenvalue weighted by molar-refractivity contribution is 7.09. The van der Waals surface area contributed by atoms with Gasteiger partial charge in [-0.3, -0.25) is 4.79 Å². The highest BCUT2D eigenvalue weighted by Gasteiger charge is 2.05. The van der Waals surface area contributed by atoms with Crippen molar-refractivity contribution in [3.63, 3.8) is 0 Å². The molecule has 0 aromatic carbocycles. The highest BCUT2D eigenvalue weighted by atomic mass is 32.1. The summed E-state index contributed by atoms with van der Waals surface area (Å²) in [5, 5.41) is 11.5. The second-order valence-electron chi connectivity index (χ2n) is 3.97. The summed E-state index contributed by atoms with van der Waals surface area (Å²) in [5.41, 5.74) is 0.695. The van der Waals surface area contributed by atoms with Crippen molar-refractivity contribution in [1.82, 2.24) is 4.98 Å². The third-order valence-corrected chi connectivity index (χ3v) is 3.38. The first kappa shape index (κ1) is 13.2. The lowest BCUT2D eigenvalue weighted by Crippen LogP contribution is -2.00. The molecule has 16 heavy (non-hydrogen) atoms. The zero-order valence-corrected chi connectivity index (χ0v) is 10.6. The molecule has 0 atom stereocenters. The Morgan fingerprint density at radius 1 is 1.38 bits per heavy atom. The molecule has 3 nitrogen and oxygen atoms in total. The van der Waals surface area contributed by atoms with E-state index < -0.39 is 5.97 Å². The van der Waals surface area contributed by atoms with Gasteiger partial charge in [-0.2, -0.15) is 0 Å². The number of rotatable bonds is 8. The maximum Gasteiger partial charge on any atom is 0.309 e. The molecule has 0 amide bonds. The summed E-state index contributed by atoms with van der Waals surface area (Å²) in [7, 11) is 0. The molecule has 1 rings (SSSR count). The number of aryl methyl sites for hydroxylation is 1. The molecule has 1 aromatic heterocycles. The van der Waals surface area contributed by atoms with Crippen LogP contribution in [0.5, 0.6) is 0 Å². The summed E-state index contributed by atoms with van der Waals surface area (Å²) in [5.74, 6) is -0.806. The van der Waals surface area contributed by atoms with Crippen molar-refractivity contribution in [2.45, 2.75) is 51.9 Å². The molecule has 0 aliphatic heterocycles. The van der Waals surface area contributed by atoms with Crippen molar-refractivity contribution in [3.8, 4) is 0 Å². The number of hydrogen-bond donors (Lipinski definition) is 1. The molecule has 1 N–H and O–H groups in total. The second kappa shape index (κ2) is 7.39. The fourth-order valence-electron chi connectivity index (χ4n) is 1.58. The van der Waals surface area contributed by atoms with E-state index in [1.165, 1.54) is 32.1 Å². The van der Waals surface area contributed by atoms with Gasteiger partial charge in [0.15, 0.2) is 0 Å². The summed E-state index contributed by atoms with van der Waals surface area (Å²) in [4.78, 5) is 14.8. The minimum Gasteiger partial charge on any atom is -0.481 e. The maximum absolute atomic E-state index is 10.5. The second-order valence-corrected chi connectivity index (χ2v) is 4.91. The van der Waals surface area contributed by atoms with E-state index in [-0.39, 0.29) is 6.42 Å². The van der Waals surface area contributed by atoms with Gasteiger partial charge in [-0.05, 0) is 12.8 Å². The molecule has 0 unspecified atom stereocenters. The Kier molecular flexibility index (Phi) is 6.08. The number of carboxylic acid groups (broad SMARTS) is 1. The predicted molar refractivity (Wildman–Crippen MR) is 65.9 cm³/mol. The fraction of sp³-hybridized carbons (Fsp3) is 0.667. The van der Waals surface area contributed by atoms with Crippen molar-refractivity contribution in [3.05, 3.63) is 16.1 Å². The van der Waals surface area contributed by atoms with Crippen molar-refractivity contribution >= 4 is 17.3 Å². The molecule has 0 saturated carbocycles. The zero-order chi connectivity index (χ0) is 11.8. The van der Waals surface area contributed by atoms with Crippen LogP contribution < -0.4 is 0 Å². The number of carbonyl (C=O) groups is 1. The number of aromatic nitrogens is 1. The largest absolute Gasteiger partial charge is 0.481 e. The quantitative estimate of drug-likeness (QED) is 0.710. The number of nitrogens with zero attached hydrogens (tertiary/aromatic N) is 1. The molecule has 90 valence electrons. The van der Waals surface area contributed by atoms with Crippen LogP contribution in [-0.4, -0.2) is 16.1 Å². The molecule has 0 fully saturated rings. The van der Waals surface area contributed by atoms with Crippen LogP contribution in [0.3, 0.4) is 0 Å². The Balaban J connectivity index is 2.21. The molecule has 0 saturated heterocycles. The Bertz CT molecular complexity index is 323. The number of unbranched alkanes of at least 4 members (excludes halogenated alkanes) is 4. The smallest absolute Gasteiger partial charge is 0.309 e. The van der Waals surface area contributed by atoms with E-state index in [1.54, 1.807) is 11.3 Å². The maximum atomic E-state index is 10.5. The average molecular weight is 241 g/mol. The third-order valence-electron chi connectivity index (χ3n) is 2.43. The van der Waals surface area contributed by atoms with Gasteiger partial charge < -0.3 is 5.11 Å². The van der Waals surface area contributed by atoms with E-state index in [9.17, 15) is 4.79 Å². The van der Waals surface area contributed by atoms with Crippen molar-refractivity contribution < 1.29 is 9.90 Å². The SMILES string of the molecule is CCCCCCCc1nc(CC(=O)O)cs1. The molecular formula is C12H19NO2S. The Morgan fingerprint density at radius 3 is 2.81 bits per heavy atom. The van der Waals surface area contributed by atoms with Crippen LogP contribution in [0.1, 0.15) is 49.7 Å². The number of aliphatic carboxylic acids is 1. The van der Waals surface area contributed by atoms with Crippen molar-refractivity contribution in [2.75, 3.05) is 0 Å². The van der Waals surface area contributed by atoms with E-state index in [4.69, 9.17) is 5.11 Å². The van der Waals surface area contributed by atoms with Crippen LogP contribution in [0.4, 0.5) is 0 Å². The van der Waals surface area contributed by atoms with E-state index in [1.807, 2.05) is 5.38 Å². The first-order valence-electron chi connectivity index (χ1n) is 5.87. The highest BCUT2D eigenvalue weighted by Crippen LogP contribution is 2.14. The Hall–Kier alpha value is -0.900. The molecule has 1 aromatic rings. The minimum absolute atomic E-state index is 0.0480. The lowest BCUT2D eigenvalue weighted by atomic mass is 10.1. The van der Waals surface area contributed by atoms with E-state index >= 15 is 0 Å². The van der Waals surface area contributed by atoms with Crippen LogP contribution in [-0.2, 0) is 17.6 Å². The summed E-state index contributed by atoms with van der Waals surface area (Å²) < 4.78 is 0. The van der Waals surface area contributed by atoms with E-state index in [2.05, 4.69) is 11.9 Å². The number of carboxylic acids is 1. The predicted octanol–water partition coefficient (Wildman–Crippen LogP) is 3.28. The topological polar surface area (TPSA) is 50.2 Å². The van der Waals surface area contributed by atoms with Gasteiger partial charge in [-0.1, -0.05) is 32.6 Å². The van der Waals surface area contributed by atoms with Gasteiger partial charge in [-0.15, -0.1) is 11.3 Å². The average Bonchev–Trinajstić information content (AvgIpc) is 2.64. The van der Waals surface area contributed by atoms with Crippen molar-refractivity contribution in [1.29, 1.82) is 0 Å². The van der Waals surface area contributed by atoms with Gasteiger partial charge in [0.05, 0.1) is 17.1 Å². The van der Waals surface area contributed by atoms with Gasteiger partial charge >= 0.3 is 5.97 Å². The molecular weight excluding hydrogens is 222 g/mol. The molecule has 0 aliphatic carbocycles. The lowest BCUT2D eigenvalue weighted by Gasteiger charge is -1.97. The van der Waals surface area contributed by atoms with Gasteiger partial charge in [0.2, 0.25) is 0 Å². The first-order chi connectivity index (χ1) is 7.72. The summed E-state index contributed by atoms with van der Waals surface area (Å²) >= 11 is 1.58. The molecule has 4 heteroatoms. The Labute approximate surface area is 101 Å². The number of thiazole rings is 1. The molecule has 0 bridgehead atoms. The van der Waals surface area contributed by atoms with Gasteiger partial charge in [0.1, 0.15) is 0 Å². The summed E-state index contributed by atoms with van der Waals surface area (Å²) in [6.45, 7) is 2.21. The van der Waals surface area contributed by atoms with Crippen LogP contribution in [0.15, 0.2) is 5.38 Å². The monoisotopic (exact) mass is 241 g/mol. The molecule has 0 aliphatic rings. The van der Waals surface area contributed by atoms with Crippen LogP contribution in [0, 0.1) is 0 Å². The Morgan fingerprint density at radius 2 is 2.12 bits per heavy atom. The third kappa shape index (κ3) is 5.26. The minimum atomic E-state index is -0.806. The van der Waals surface area contributed by atoms with Gasteiger partial charge in [-0.25, -0.2) is 4.98 Å². The lowest BCUT2D eigenvalue weighted by molar-refractivity contribution is -0.136. The molecule has 1 heterocycles. The van der Waals surface area contributed by atoms with Crippen LogP contribution in [0.2, 0.25) is 0 Å². The van der Waals surface area contributed by atoms with E-state index in [0.717, 1.165) is 11.4 Å². The first-order valence-corrected chi connectivity index (χ1v) is 6.75. The standard InChI is InChI=1S/C12H19NO2S/c1-2-3-4-5-6-7-11-13-10(9-16-11)8-12(14)15/h9H,2-8H2,1H3,(H,14,15). The fourth-order valence-corrected chi connectivity index (χ4v) is 2.42. The van der Waals surface area contributed by atoms with Gasteiger partial charge in [0, 0.05) is 5.38 Å². The zero-order valence-electron chi connectivity index (χ0n) is 9.74. The van der Waals surface area contributed by atoms with Gasteiger partial charge in [0.25, 0.3) is 0 Å². The normalized spacial score (nSPS) is 10.6. The summed E-state index contributed by atoms with van der Waals surface area (Å²) in [6, 6.07) is 0. The molecule has 0 spiro atoms. The van der Waals surface area contributed by atoms with Crippen LogP contribution in [0.25, 0.3) is 0 Å². The van der Waals surface area contributed by atoms with Crippen molar-refractivity contribution in [2.24, 2.45) is 0 Å².